The molecule has 0 radical (unpaired) electrons. The third-order valence-electron chi connectivity index (χ3n) is 2.65. The first-order valence-electron chi connectivity index (χ1n) is 6.70. The van der Waals surface area contributed by atoms with Crippen molar-refractivity contribution >= 4 is 6.29 Å². The van der Waals surface area contributed by atoms with Crippen LogP contribution in [-0.2, 0) is 23.7 Å². The summed E-state index contributed by atoms with van der Waals surface area (Å²) in [6.07, 6.45) is 1.06. The fourth-order valence-corrected chi connectivity index (χ4v) is 1.99. The first-order valence-corrected chi connectivity index (χ1v) is 6.70. The van der Waals surface area contributed by atoms with Crippen LogP contribution < -0.4 is 0 Å². The smallest absolute Gasteiger partial charge is 0.181 e. The van der Waals surface area contributed by atoms with Gasteiger partial charge in [0.15, 0.2) is 6.29 Å². The van der Waals surface area contributed by atoms with Crippen molar-refractivity contribution < 1.29 is 23.7 Å². The Labute approximate surface area is 115 Å². The summed E-state index contributed by atoms with van der Waals surface area (Å²) in [4.78, 5) is 10.3. The van der Waals surface area contributed by atoms with Gasteiger partial charge in [-0.3, -0.25) is 0 Å². The predicted molar refractivity (Wildman–Crippen MR) is 71.0 cm³/mol. The van der Waals surface area contributed by atoms with Gasteiger partial charge in [-0.05, 0) is 34.6 Å². The zero-order valence-electron chi connectivity index (χ0n) is 12.6. The van der Waals surface area contributed by atoms with Gasteiger partial charge < -0.3 is 23.7 Å². The number of aldehydes is 1. The largest absolute Gasteiger partial charge is 0.373 e. The van der Waals surface area contributed by atoms with E-state index in [0.717, 1.165) is 12.7 Å². The van der Waals surface area contributed by atoms with Gasteiger partial charge in [-0.2, -0.15) is 0 Å². The van der Waals surface area contributed by atoms with Gasteiger partial charge in [0, 0.05) is 6.42 Å². The molecule has 0 saturated carbocycles. The van der Waals surface area contributed by atoms with E-state index in [2.05, 4.69) is 0 Å². The van der Waals surface area contributed by atoms with Gasteiger partial charge in [0.25, 0.3) is 0 Å². The molecule has 2 atom stereocenters. The van der Waals surface area contributed by atoms with Gasteiger partial charge in [-0.25, -0.2) is 0 Å². The molecule has 5 nitrogen and oxygen atoms in total. The number of carbonyl (C=O) groups is 1. The quantitative estimate of drug-likeness (QED) is 0.403. The lowest BCUT2D eigenvalue weighted by Gasteiger charge is -2.29. The molecular formula is C14H26O5. The molecule has 1 aliphatic heterocycles. The number of carbonyl (C=O) groups excluding carboxylic acids is 1. The number of ether oxygens (including phenoxy) is 4. The lowest BCUT2D eigenvalue weighted by molar-refractivity contribution is -0.233. The molecule has 1 rings (SSSR count). The lowest BCUT2D eigenvalue weighted by Crippen LogP contribution is -2.36. The van der Waals surface area contributed by atoms with Gasteiger partial charge in [0.05, 0.1) is 30.5 Å². The normalized spacial score (nSPS) is 24.4. The molecule has 5 heteroatoms. The lowest BCUT2D eigenvalue weighted by atomic mass is 10.1. The third-order valence-corrected chi connectivity index (χ3v) is 2.65. The molecule has 0 aromatic heterocycles. The minimum absolute atomic E-state index is 0.00202. The molecule has 0 N–H and O–H groups in total. The summed E-state index contributed by atoms with van der Waals surface area (Å²) in [5.74, 6) is 0. The molecule has 112 valence electrons. The first kappa shape index (κ1) is 16.6. The van der Waals surface area contributed by atoms with Crippen LogP contribution in [0.2, 0.25) is 0 Å². The zero-order chi connectivity index (χ0) is 14.5. The average Bonchev–Trinajstić information content (AvgIpc) is 2.56. The summed E-state index contributed by atoms with van der Waals surface area (Å²) in [5.41, 5.74) is -0.481. The van der Waals surface area contributed by atoms with Crippen LogP contribution in [0.4, 0.5) is 0 Å². The van der Waals surface area contributed by atoms with Crippen molar-refractivity contribution in [2.75, 3.05) is 19.8 Å². The molecular weight excluding hydrogens is 248 g/mol. The van der Waals surface area contributed by atoms with E-state index in [1.807, 2.05) is 34.6 Å². The topological polar surface area (TPSA) is 54.0 Å². The highest BCUT2D eigenvalue weighted by Crippen LogP contribution is 2.28. The van der Waals surface area contributed by atoms with Crippen molar-refractivity contribution in [3.63, 3.8) is 0 Å². The van der Waals surface area contributed by atoms with Gasteiger partial charge in [0.2, 0.25) is 0 Å². The van der Waals surface area contributed by atoms with E-state index < -0.39 is 6.29 Å². The Morgan fingerprint density at radius 2 is 2.11 bits per heavy atom. The van der Waals surface area contributed by atoms with E-state index in [1.165, 1.54) is 0 Å². The molecule has 19 heavy (non-hydrogen) atoms. The molecule has 1 heterocycles. The minimum Gasteiger partial charge on any atom is -0.373 e. The molecule has 1 aliphatic rings. The second-order valence-corrected chi connectivity index (χ2v) is 6.40. The van der Waals surface area contributed by atoms with Gasteiger partial charge in [0.1, 0.15) is 12.9 Å². The highest BCUT2D eigenvalue weighted by molar-refractivity contribution is 5.50. The third kappa shape index (κ3) is 7.01. The van der Waals surface area contributed by atoms with Crippen molar-refractivity contribution in [3.05, 3.63) is 0 Å². The van der Waals surface area contributed by atoms with Crippen LogP contribution in [0.15, 0.2) is 0 Å². The number of hydrogen-bond donors (Lipinski definition) is 0. The Balaban J connectivity index is 2.46. The first-order chi connectivity index (χ1) is 8.72. The van der Waals surface area contributed by atoms with Crippen LogP contribution in [0.5, 0.6) is 0 Å². The highest BCUT2D eigenvalue weighted by Gasteiger charge is 2.35. The molecule has 0 aliphatic carbocycles. The molecule has 1 fully saturated rings. The van der Waals surface area contributed by atoms with Crippen molar-refractivity contribution in [3.8, 4) is 0 Å². The molecule has 0 amide bonds. The molecule has 0 spiro atoms. The second kappa shape index (κ2) is 6.79. The monoisotopic (exact) mass is 274 g/mol. The predicted octanol–water partition coefficient (Wildman–Crippen LogP) is 1.93. The van der Waals surface area contributed by atoms with Crippen LogP contribution in [-0.4, -0.2) is 49.7 Å². The molecule has 0 aromatic rings. The molecule has 0 aromatic carbocycles. The van der Waals surface area contributed by atoms with Crippen LogP contribution in [0.3, 0.4) is 0 Å². The van der Waals surface area contributed by atoms with Crippen LogP contribution in [0.1, 0.15) is 41.0 Å². The molecule has 1 saturated heterocycles. The van der Waals surface area contributed by atoms with Gasteiger partial charge >= 0.3 is 0 Å². The van der Waals surface area contributed by atoms with Crippen molar-refractivity contribution in [1.29, 1.82) is 0 Å². The maximum absolute atomic E-state index is 10.3. The summed E-state index contributed by atoms with van der Waals surface area (Å²) >= 11 is 0. The molecule has 2 unspecified atom stereocenters. The Kier molecular flexibility index (Phi) is 5.92. The van der Waals surface area contributed by atoms with E-state index in [4.69, 9.17) is 18.9 Å². The van der Waals surface area contributed by atoms with Crippen molar-refractivity contribution in [2.45, 2.75) is 64.6 Å². The van der Waals surface area contributed by atoms with Crippen LogP contribution >= 0.6 is 0 Å². The minimum atomic E-state index is -0.484. The summed E-state index contributed by atoms with van der Waals surface area (Å²) in [6, 6.07) is 0. The highest BCUT2D eigenvalue weighted by atomic mass is 16.7. The Bertz CT molecular complexity index is 282. The van der Waals surface area contributed by atoms with Gasteiger partial charge in [-0.1, -0.05) is 0 Å². The fraction of sp³-hybridized carbons (Fsp3) is 0.929. The maximum atomic E-state index is 10.3. The summed E-state index contributed by atoms with van der Waals surface area (Å²) < 4.78 is 22.5. The molecule has 0 bridgehead atoms. The maximum Gasteiger partial charge on any atom is 0.181 e. The number of hydrogen-bond acceptors (Lipinski definition) is 5. The zero-order valence-corrected chi connectivity index (χ0v) is 12.6. The van der Waals surface area contributed by atoms with E-state index in [0.29, 0.717) is 6.61 Å². The SMILES string of the molecule is CC(C)(C)OC(COCC=O)OC1COC(C)(C)C1. The summed E-state index contributed by atoms with van der Waals surface area (Å²) in [5, 5.41) is 0. The van der Waals surface area contributed by atoms with E-state index in [-0.39, 0.29) is 30.5 Å². The summed E-state index contributed by atoms with van der Waals surface area (Å²) in [7, 11) is 0. The fourth-order valence-electron chi connectivity index (χ4n) is 1.99. The standard InChI is InChI=1S/C14H26O5/c1-13(2,3)19-12(10-16-7-6-15)18-11-8-14(4,5)17-9-11/h6,11-12H,7-10H2,1-5H3. The summed E-state index contributed by atoms with van der Waals surface area (Å²) in [6.45, 7) is 10.8. The second-order valence-electron chi connectivity index (χ2n) is 6.40. The van der Waals surface area contributed by atoms with E-state index >= 15 is 0 Å². The Hall–Kier alpha value is -0.490. The van der Waals surface area contributed by atoms with E-state index in [9.17, 15) is 4.79 Å². The van der Waals surface area contributed by atoms with E-state index in [1.54, 1.807) is 0 Å². The van der Waals surface area contributed by atoms with Crippen molar-refractivity contribution in [1.82, 2.24) is 0 Å². The van der Waals surface area contributed by atoms with Crippen LogP contribution in [0, 0.1) is 0 Å². The average molecular weight is 274 g/mol. The van der Waals surface area contributed by atoms with Crippen LogP contribution in [0.25, 0.3) is 0 Å². The Morgan fingerprint density at radius 1 is 1.42 bits per heavy atom. The van der Waals surface area contributed by atoms with Gasteiger partial charge in [-0.15, -0.1) is 0 Å². The number of rotatable bonds is 7. The Morgan fingerprint density at radius 3 is 2.58 bits per heavy atom. The van der Waals surface area contributed by atoms with Crippen molar-refractivity contribution in [2.24, 2.45) is 0 Å².